The topological polar surface area (TPSA) is 80.4 Å². The molecule has 0 spiro atoms. The van der Waals surface area contributed by atoms with Gasteiger partial charge in [0.15, 0.2) is 0 Å². The maximum Gasteiger partial charge on any atom is 0.209 e. The van der Waals surface area contributed by atoms with Gasteiger partial charge in [-0.2, -0.15) is 13.5 Å². The van der Waals surface area contributed by atoms with Gasteiger partial charge in [-0.05, 0) is 18.1 Å². The number of aliphatic hydroxyl groups excluding tert-OH is 1. The molecule has 4 nitrogen and oxygen atoms in total. The number of sulfonamides is 1. The Morgan fingerprint density at radius 3 is 2.44 bits per heavy atom. The molecule has 0 unspecified atom stereocenters. The number of hydrogen-bond acceptors (Lipinski definition) is 3. The van der Waals surface area contributed by atoms with E-state index in [0.717, 1.165) is 0 Å². The molecule has 0 amide bonds. The van der Waals surface area contributed by atoms with E-state index >= 15 is 0 Å². The first-order chi connectivity index (χ1) is 6.90. The summed E-state index contributed by atoms with van der Waals surface area (Å²) < 4.78 is 21.4. The van der Waals surface area contributed by atoms with Gasteiger partial charge < -0.3 is 5.11 Å². The van der Waals surface area contributed by atoms with Gasteiger partial charge in [-0.3, -0.25) is 0 Å². The summed E-state index contributed by atoms with van der Waals surface area (Å²) in [5, 5.41) is 14.9. The first kappa shape index (κ1) is 15.7. The summed E-state index contributed by atoms with van der Waals surface area (Å²) in [6.45, 7) is 0. The fourth-order valence-electron chi connectivity index (χ4n) is 1.18. The molecule has 7 heteroatoms. The third-order valence-electron chi connectivity index (χ3n) is 1.94. The first-order valence-corrected chi connectivity index (χ1v) is 6.42. The van der Waals surface area contributed by atoms with Crippen molar-refractivity contribution < 1.29 is 13.5 Å². The summed E-state index contributed by atoms with van der Waals surface area (Å²) >= 11 is 5.83. The van der Waals surface area contributed by atoms with Crippen LogP contribution >= 0.6 is 25.1 Å². The van der Waals surface area contributed by atoms with Crippen LogP contribution in [0.2, 0.25) is 5.02 Å². The van der Waals surface area contributed by atoms with E-state index in [1.165, 1.54) is 0 Å². The van der Waals surface area contributed by atoms with Gasteiger partial charge in [-0.25, -0.2) is 13.6 Å². The summed E-state index contributed by atoms with van der Waals surface area (Å²) in [7, 11) is -3.54. The Morgan fingerprint density at radius 2 is 1.94 bits per heavy atom. The van der Waals surface area contributed by atoms with Crippen molar-refractivity contribution in [3.8, 4) is 0 Å². The normalized spacial score (nSPS) is 12.9. The summed E-state index contributed by atoms with van der Waals surface area (Å²) in [5.41, 5.74) is 0.516. The number of halogens is 1. The van der Waals surface area contributed by atoms with Crippen LogP contribution in [-0.4, -0.2) is 19.3 Å². The minimum absolute atomic E-state index is 0. The Kier molecular flexibility index (Phi) is 6.35. The van der Waals surface area contributed by atoms with Crippen molar-refractivity contribution >= 4 is 35.1 Å². The van der Waals surface area contributed by atoms with E-state index < -0.39 is 16.1 Å². The predicted molar refractivity (Wildman–Crippen MR) is 69.4 cm³/mol. The minimum Gasteiger partial charge on any atom is -0.388 e. The number of hydrogen-bond donors (Lipinski definition) is 2. The van der Waals surface area contributed by atoms with E-state index in [1.54, 1.807) is 24.3 Å². The zero-order chi connectivity index (χ0) is 11.5. The first-order valence-electron chi connectivity index (χ1n) is 4.33. The third kappa shape index (κ3) is 5.18. The Morgan fingerprint density at radius 1 is 1.38 bits per heavy atom. The van der Waals surface area contributed by atoms with Gasteiger partial charge in [0.1, 0.15) is 0 Å². The van der Waals surface area contributed by atoms with Crippen LogP contribution in [0.3, 0.4) is 0 Å². The highest BCUT2D eigenvalue weighted by atomic mass is 35.5. The average Bonchev–Trinajstić information content (AvgIpc) is 2.14. The average molecular weight is 284 g/mol. The zero-order valence-corrected chi connectivity index (χ0v) is 11.0. The van der Waals surface area contributed by atoms with E-state index in [9.17, 15) is 13.5 Å². The van der Waals surface area contributed by atoms with Crippen LogP contribution in [0.15, 0.2) is 24.3 Å². The van der Waals surface area contributed by atoms with E-state index in [-0.39, 0.29) is 25.7 Å². The SMILES string of the molecule is NS(=O)(=O)CC[C@@H](O)c1ccccc1Cl.S. The minimum atomic E-state index is -3.54. The molecule has 1 rings (SSSR count). The van der Waals surface area contributed by atoms with Gasteiger partial charge in [0.2, 0.25) is 10.0 Å². The highest BCUT2D eigenvalue weighted by Gasteiger charge is 2.13. The lowest BCUT2D eigenvalue weighted by molar-refractivity contribution is 0.174. The quantitative estimate of drug-likeness (QED) is 0.870. The number of rotatable bonds is 4. The maximum atomic E-state index is 10.7. The summed E-state index contributed by atoms with van der Waals surface area (Å²) in [5.74, 6) is -0.264. The largest absolute Gasteiger partial charge is 0.388 e. The van der Waals surface area contributed by atoms with Gasteiger partial charge in [0, 0.05) is 5.02 Å². The van der Waals surface area contributed by atoms with Crippen LogP contribution in [0.5, 0.6) is 0 Å². The molecular weight excluding hydrogens is 270 g/mol. The number of aliphatic hydroxyl groups is 1. The second-order valence-electron chi connectivity index (χ2n) is 3.19. The molecule has 1 aromatic rings. The third-order valence-corrected chi connectivity index (χ3v) is 3.09. The molecule has 1 aromatic carbocycles. The highest BCUT2D eigenvalue weighted by molar-refractivity contribution is 7.89. The molecule has 0 fully saturated rings. The lowest BCUT2D eigenvalue weighted by atomic mass is 10.1. The Bertz CT molecular complexity index is 436. The van der Waals surface area contributed by atoms with E-state index in [4.69, 9.17) is 16.7 Å². The lowest BCUT2D eigenvalue weighted by Crippen LogP contribution is -2.18. The molecular formula is C9H14ClNO3S2. The smallest absolute Gasteiger partial charge is 0.209 e. The number of primary sulfonamides is 1. The van der Waals surface area contributed by atoms with E-state index in [2.05, 4.69) is 0 Å². The molecule has 3 N–H and O–H groups in total. The maximum absolute atomic E-state index is 10.7. The van der Waals surface area contributed by atoms with Crippen molar-refractivity contribution in [2.75, 3.05) is 5.75 Å². The molecule has 0 heterocycles. The summed E-state index contributed by atoms with van der Waals surface area (Å²) in [6.07, 6.45) is -0.861. The van der Waals surface area contributed by atoms with Gasteiger partial charge in [0.05, 0.1) is 11.9 Å². The van der Waals surface area contributed by atoms with Crippen molar-refractivity contribution in [1.82, 2.24) is 0 Å². The van der Waals surface area contributed by atoms with E-state index in [1.807, 2.05) is 0 Å². The Labute approximate surface area is 107 Å². The van der Waals surface area contributed by atoms with Crippen LogP contribution in [0.1, 0.15) is 18.1 Å². The number of nitrogens with two attached hydrogens (primary N) is 1. The Balaban J connectivity index is 0.00000225. The molecule has 16 heavy (non-hydrogen) atoms. The van der Waals surface area contributed by atoms with Gasteiger partial charge in [0.25, 0.3) is 0 Å². The second kappa shape index (κ2) is 6.46. The molecule has 92 valence electrons. The van der Waals surface area contributed by atoms with E-state index in [0.29, 0.717) is 10.6 Å². The molecule has 0 bridgehead atoms. The monoisotopic (exact) mass is 283 g/mol. The summed E-state index contributed by atoms with van der Waals surface area (Å²) in [4.78, 5) is 0. The zero-order valence-electron chi connectivity index (χ0n) is 8.43. The molecule has 0 saturated heterocycles. The Hall–Kier alpha value is -0.270. The van der Waals surface area contributed by atoms with Crippen LogP contribution in [0, 0.1) is 0 Å². The lowest BCUT2D eigenvalue weighted by Gasteiger charge is -2.11. The predicted octanol–water partition coefficient (Wildman–Crippen LogP) is 1.16. The molecule has 0 saturated carbocycles. The van der Waals surface area contributed by atoms with Gasteiger partial charge in [-0.1, -0.05) is 29.8 Å². The number of benzene rings is 1. The van der Waals surface area contributed by atoms with Crippen LogP contribution in [0.25, 0.3) is 0 Å². The van der Waals surface area contributed by atoms with Crippen molar-refractivity contribution in [3.63, 3.8) is 0 Å². The van der Waals surface area contributed by atoms with Crippen molar-refractivity contribution in [1.29, 1.82) is 0 Å². The summed E-state index contributed by atoms with van der Waals surface area (Å²) in [6, 6.07) is 6.74. The van der Waals surface area contributed by atoms with Crippen molar-refractivity contribution in [3.05, 3.63) is 34.9 Å². The fourth-order valence-corrected chi connectivity index (χ4v) is 1.99. The van der Waals surface area contributed by atoms with Crippen molar-refractivity contribution in [2.24, 2.45) is 5.14 Å². The van der Waals surface area contributed by atoms with Gasteiger partial charge >= 0.3 is 0 Å². The van der Waals surface area contributed by atoms with Gasteiger partial charge in [-0.15, -0.1) is 0 Å². The van der Waals surface area contributed by atoms with Crippen LogP contribution < -0.4 is 5.14 Å². The highest BCUT2D eigenvalue weighted by Crippen LogP contribution is 2.24. The van der Waals surface area contributed by atoms with Crippen molar-refractivity contribution in [2.45, 2.75) is 12.5 Å². The molecule has 0 radical (unpaired) electrons. The van der Waals surface area contributed by atoms with Crippen LogP contribution in [-0.2, 0) is 10.0 Å². The fraction of sp³-hybridized carbons (Fsp3) is 0.333. The molecule has 0 aromatic heterocycles. The molecule has 1 atom stereocenters. The molecule has 0 aliphatic carbocycles. The second-order valence-corrected chi connectivity index (χ2v) is 5.33. The van der Waals surface area contributed by atoms with Crippen LogP contribution in [0.4, 0.5) is 0 Å². The molecule has 0 aliphatic rings. The molecule has 0 aliphatic heterocycles. The standard InChI is InChI=1S/C9H12ClNO3S.H2S/c10-8-4-2-1-3-7(8)9(12)5-6-15(11,13)14;/h1-4,9,12H,5-6H2,(H2,11,13,14);1H2/t9-;/m1./s1.